The van der Waals surface area contributed by atoms with Gasteiger partial charge in [-0.3, -0.25) is 9.36 Å². The van der Waals surface area contributed by atoms with Gasteiger partial charge in [0.05, 0.1) is 18.4 Å². The fraction of sp³-hybridized carbons (Fsp3) is 0.632. The van der Waals surface area contributed by atoms with E-state index >= 15 is 0 Å². The van der Waals surface area contributed by atoms with Gasteiger partial charge in [0.25, 0.3) is 0 Å². The molecule has 6 nitrogen and oxygen atoms in total. The van der Waals surface area contributed by atoms with E-state index in [9.17, 15) is 4.79 Å². The zero-order chi connectivity index (χ0) is 18.6. The van der Waals surface area contributed by atoms with Crippen molar-refractivity contribution in [2.24, 2.45) is 0 Å². The number of ether oxygens (including phenoxy) is 1. The summed E-state index contributed by atoms with van der Waals surface area (Å²) in [6, 6.07) is 2.49. The van der Waals surface area contributed by atoms with Gasteiger partial charge in [0.1, 0.15) is 0 Å². The van der Waals surface area contributed by atoms with Crippen LogP contribution in [0.3, 0.4) is 0 Å². The maximum atomic E-state index is 12.3. The van der Waals surface area contributed by atoms with Gasteiger partial charge in [-0.15, -0.1) is 21.5 Å². The third-order valence-electron chi connectivity index (χ3n) is 5.17. The van der Waals surface area contributed by atoms with E-state index in [-0.39, 0.29) is 12.0 Å². The van der Waals surface area contributed by atoms with Crippen molar-refractivity contribution in [1.82, 2.24) is 20.1 Å². The number of thiophene rings is 1. The molecule has 0 bridgehead atoms. The molecule has 2 fully saturated rings. The summed E-state index contributed by atoms with van der Waals surface area (Å²) in [6.45, 7) is 3.66. The zero-order valence-corrected chi connectivity index (χ0v) is 17.3. The Balaban J connectivity index is 1.47. The van der Waals surface area contributed by atoms with E-state index in [1.165, 1.54) is 29.5 Å². The number of hydrogen-bond donors (Lipinski definition) is 1. The Morgan fingerprint density at radius 1 is 1.33 bits per heavy atom. The highest BCUT2D eigenvalue weighted by molar-refractivity contribution is 7.99. The predicted molar refractivity (Wildman–Crippen MR) is 108 cm³/mol. The molecule has 1 aliphatic heterocycles. The molecule has 1 aliphatic carbocycles. The highest BCUT2D eigenvalue weighted by Crippen LogP contribution is 2.29. The van der Waals surface area contributed by atoms with Crippen LogP contribution in [-0.4, -0.2) is 45.2 Å². The molecule has 1 saturated carbocycles. The number of nitrogens with zero attached hydrogens (tertiary/aromatic N) is 3. The number of amides is 1. The molecule has 0 aromatic carbocycles. The van der Waals surface area contributed by atoms with Crippen molar-refractivity contribution < 1.29 is 9.53 Å². The first kappa shape index (κ1) is 19.0. The van der Waals surface area contributed by atoms with Crippen LogP contribution in [0.2, 0.25) is 0 Å². The van der Waals surface area contributed by atoms with E-state index in [1.807, 2.05) is 0 Å². The third-order valence-corrected chi connectivity index (χ3v) is 7.00. The van der Waals surface area contributed by atoms with Crippen LogP contribution in [0.15, 0.2) is 16.6 Å². The molecule has 1 amide bonds. The number of aryl methyl sites for hydroxylation is 1. The van der Waals surface area contributed by atoms with E-state index in [4.69, 9.17) is 4.74 Å². The smallest absolute Gasteiger partial charge is 0.230 e. The molecular formula is C19H26N4O2S2. The molecule has 146 valence electrons. The minimum Gasteiger partial charge on any atom is -0.376 e. The molecule has 27 heavy (non-hydrogen) atoms. The monoisotopic (exact) mass is 406 g/mol. The van der Waals surface area contributed by atoms with Gasteiger partial charge in [-0.1, -0.05) is 24.6 Å². The van der Waals surface area contributed by atoms with Gasteiger partial charge in [-0.05, 0) is 38.7 Å². The van der Waals surface area contributed by atoms with Crippen LogP contribution in [0.4, 0.5) is 0 Å². The molecule has 1 N–H and O–H groups in total. The largest absolute Gasteiger partial charge is 0.376 e. The Morgan fingerprint density at radius 2 is 2.19 bits per heavy atom. The quantitative estimate of drug-likeness (QED) is 0.711. The van der Waals surface area contributed by atoms with Crippen LogP contribution < -0.4 is 5.32 Å². The van der Waals surface area contributed by atoms with Crippen molar-refractivity contribution in [3.8, 4) is 11.4 Å². The van der Waals surface area contributed by atoms with Crippen LogP contribution in [-0.2, 0) is 16.1 Å². The number of carbonyl (C=O) groups is 1. The summed E-state index contributed by atoms with van der Waals surface area (Å²) >= 11 is 3.18. The topological polar surface area (TPSA) is 69.0 Å². The summed E-state index contributed by atoms with van der Waals surface area (Å²) in [5, 5.41) is 14.9. The average Bonchev–Trinajstić information content (AvgIpc) is 3.42. The summed E-state index contributed by atoms with van der Waals surface area (Å²) in [7, 11) is 0. The molecule has 1 saturated heterocycles. The van der Waals surface area contributed by atoms with Crippen LogP contribution >= 0.6 is 23.1 Å². The van der Waals surface area contributed by atoms with E-state index in [2.05, 4.69) is 38.5 Å². The van der Waals surface area contributed by atoms with E-state index < -0.39 is 0 Å². The number of carbonyl (C=O) groups excluding carboxylic acids is 1. The Bertz CT molecular complexity index is 777. The molecule has 0 unspecified atom stereocenters. The van der Waals surface area contributed by atoms with Crippen molar-refractivity contribution in [1.29, 1.82) is 0 Å². The number of rotatable bonds is 7. The Labute approximate surface area is 168 Å². The summed E-state index contributed by atoms with van der Waals surface area (Å²) in [5.74, 6) is 1.34. The van der Waals surface area contributed by atoms with Crippen LogP contribution in [0.1, 0.15) is 43.4 Å². The third kappa shape index (κ3) is 4.73. The standard InChI is InChI=1S/C19H26N4O2S2/c1-13-9-14(11-26-13)18-21-22-19(23(18)10-16-7-4-8-25-16)27-12-17(24)20-15-5-2-3-6-15/h9,11,15-16H,2-8,10,12H2,1H3,(H,20,24)/t16-/m0/s1. The van der Waals surface area contributed by atoms with Crippen LogP contribution in [0.25, 0.3) is 11.4 Å². The van der Waals surface area contributed by atoms with Gasteiger partial charge in [0.2, 0.25) is 5.91 Å². The molecule has 0 spiro atoms. The van der Waals surface area contributed by atoms with Crippen LogP contribution in [0.5, 0.6) is 0 Å². The first-order valence-corrected chi connectivity index (χ1v) is 11.6. The van der Waals surface area contributed by atoms with E-state index in [0.717, 1.165) is 55.4 Å². The molecule has 3 heterocycles. The molecule has 1 atom stereocenters. The predicted octanol–water partition coefficient (Wildman–Crippen LogP) is 3.64. The SMILES string of the molecule is Cc1cc(-c2nnc(SCC(=O)NC3CCCC3)n2C[C@@H]2CCCO2)cs1. The Kier molecular flexibility index (Phi) is 6.14. The fourth-order valence-corrected chi connectivity index (χ4v) is 5.24. The maximum Gasteiger partial charge on any atom is 0.230 e. The van der Waals surface area contributed by atoms with E-state index in [1.54, 1.807) is 11.3 Å². The second kappa shape index (κ2) is 8.75. The molecule has 8 heteroatoms. The number of thioether (sulfide) groups is 1. The molecule has 2 aromatic heterocycles. The first-order valence-electron chi connectivity index (χ1n) is 9.71. The minimum atomic E-state index is 0.0893. The number of aromatic nitrogens is 3. The lowest BCUT2D eigenvalue weighted by atomic mass is 10.2. The van der Waals surface area contributed by atoms with Crippen molar-refractivity contribution in [2.45, 2.75) is 69.3 Å². The van der Waals surface area contributed by atoms with Gasteiger partial charge in [-0.2, -0.15) is 0 Å². The molecular weight excluding hydrogens is 380 g/mol. The first-order chi connectivity index (χ1) is 13.2. The number of hydrogen-bond acceptors (Lipinski definition) is 6. The summed E-state index contributed by atoms with van der Waals surface area (Å²) in [5.41, 5.74) is 1.09. The summed E-state index contributed by atoms with van der Waals surface area (Å²) in [6.07, 6.45) is 7.01. The second-order valence-electron chi connectivity index (χ2n) is 7.34. The lowest BCUT2D eigenvalue weighted by molar-refractivity contribution is -0.119. The lowest BCUT2D eigenvalue weighted by Crippen LogP contribution is -2.33. The zero-order valence-electron chi connectivity index (χ0n) is 15.6. The highest BCUT2D eigenvalue weighted by Gasteiger charge is 2.23. The highest BCUT2D eigenvalue weighted by atomic mass is 32.2. The normalized spacial score (nSPS) is 20.4. The molecule has 2 aromatic rings. The van der Waals surface area contributed by atoms with Gasteiger partial charge in [0.15, 0.2) is 11.0 Å². The minimum absolute atomic E-state index is 0.0893. The Morgan fingerprint density at radius 3 is 2.89 bits per heavy atom. The Hall–Kier alpha value is -1.38. The van der Waals surface area contributed by atoms with Crippen molar-refractivity contribution >= 4 is 29.0 Å². The van der Waals surface area contributed by atoms with Gasteiger partial charge >= 0.3 is 0 Å². The van der Waals surface area contributed by atoms with Gasteiger partial charge in [-0.25, -0.2) is 0 Å². The van der Waals surface area contributed by atoms with Crippen molar-refractivity contribution in [3.05, 3.63) is 16.3 Å². The molecule has 0 radical (unpaired) electrons. The number of nitrogens with one attached hydrogen (secondary N) is 1. The van der Waals surface area contributed by atoms with E-state index in [0.29, 0.717) is 11.8 Å². The van der Waals surface area contributed by atoms with Gasteiger partial charge in [0, 0.05) is 28.5 Å². The summed E-state index contributed by atoms with van der Waals surface area (Å²) in [4.78, 5) is 13.5. The molecule has 4 rings (SSSR count). The van der Waals surface area contributed by atoms with Gasteiger partial charge < -0.3 is 10.1 Å². The maximum absolute atomic E-state index is 12.3. The van der Waals surface area contributed by atoms with Crippen molar-refractivity contribution in [2.75, 3.05) is 12.4 Å². The van der Waals surface area contributed by atoms with Crippen molar-refractivity contribution in [3.63, 3.8) is 0 Å². The molecule has 2 aliphatic rings. The average molecular weight is 407 g/mol. The summed E-state index contributed by atoms with van der Waals surface area (Å²) < 4.78 is 7.96. The lowest BCUT2D eigenvalue weighted by Gasteiger charge is -2.15. The fourth-order valence-electron chi connectivity index (χ4n) is 3.80. The second-order valence-corrected chi connectivity index (χ2v) is 9.39. The van der Waals surface area contributed by atoms with Crippen LogP contribution in [0, 0.1) is 6.92 Å².